The summed E-state index contributed by atoms with van der Waals surface area (Å²) in [5.41, 5.74) is 1.04. The number of hydrogen-bond donors (Lipinski definition) is 0. The highest BCUT2D eigenvalue weighted by atomic mass is 16.5. The summed E-state index contributed by atoms with van der Waals surface area (Å²) >= 11 is 0. The third-order valence-corrected chi connectivity index (χ3v) is 4.55. The molecule has 1 aliphatic heterocycles. The summed E-state index contributed by atoms with van der Waals surface area (Å²) in [7, 11) is 0. The van der Waals surface area contributed by atoms with Crippen LogP contribution in [0.1, 0.15) is 57.4 Å². The fraction of sp³-hybridized carbons (Fsp3) is 0.273. The van der Waals surface area contributed by atoms with Gasteiger partial charge >= 0.3 is 5.97 Å². The fourth-order valence-electron chi connectivity index (χ4n) is 2.79. The van der Waals surface area contributed by atoms with Crippen LogP contribution in [0, 0.1) is 5.41 Å². The van der Waals surface area contributed by atoms with Gasteiger partial charge in [0.1, 0.15) is 0 Å². The summed E-state index contributed by atoms with van der Waals surface area (Å²) in [4.78, 5) is 50.3. The van der Waals surface area contributed by atoms with Crippen LogP contribution in [0.25, 0.3) is 0 Å². The molecule has 0 saturated carbocycles. The molecule has 28 heavy (non-hydrogen) atoms. The summed E-state index contributed by atoms with van der Waals surface area (Å²) < 4.78 is 5.10. The number of esters is 1. The second-order valence-electron chi connectivity index (χ2n) is 7.69. The second kappa shape index (κ2) is 7.38. The fourth-order valence-corrected chi connectivity index (χ4v) is 2.79. The average Bonchev–Trinajstić information content (AvgIpc) is 2.90. The largest absolute Gasteiger partial charge is 0.454 e. The third-order valence-electron chi connectivity index (χ3n) is 4.55. The van der Waals surface area contributed by atoms with E-state index in [0.717, 1.165) is 4.90 Å². The van der Waals surface area contributed by atoms with Crippen molar-refractivity contribution in [3.05, 3.63) is 70.8 Å². The molecule has 3 rings (SSSR count). The maximum atomic E-state index is 12.5. The first kappa shape index (κ1) is 19.5. The van der Waals surface area contributed by atoms with Crippen molar-refractivity contribution in [1.29, 1.82) is 0 Å². The Morgan fingerprint density at radius 2 is 1.54 bits per heavy atom. The van der Waals surface area contributed by atoms with Gasteiger partial charge in [-0.15, -0.1) is 0 Å². The van der Waals surface area contributed by atoms with Crippen LogP contribution in [0.15, 0.2) is 48.5 Å². The van der Waals surface area contributed by atoms with Gasteiger partial charge in [-0.05, 0) is 29.8 Å². The number of carbonyl (C=O) groups is 4. The molecule has 0 saturated heterocycles. The van der Waals surface area contributed by atoms with E-state index in [9.17, 15) is 19.2 Å². The highest BCUT2D eigenvalue weighted by molar-refractivity contribution is 6.21. The predicted molar refractivity (Wildman–Crippen MR) is 102 cm³/mol. The molecule has 2 amide bonds. The summed E-state index contributed by atoms with van der Waals surface area (Å²) in [6, 6.07) is 13.2. The summed E-state index contributed by atoms with van der Waals surface area (Å²) in [5, 5.41) is 0. The van der Waals surface area contributed by atoms with Crippen LogP contribution in [-0.4, -0.2) is 35.1 Å². The van der Waals surface area contributed by atoms with Crippen LogP contribution < -0.4 is 0 Å². The SMILES string of the molecule is CC(C)(C)C(=O)COC(=O)c1cccc(CN2C(=O)c3ccccc3C2=O)c1. The van der Waals surface area contributed by atoms with Crippen molar-refractivity contribution in [2.75, 3.05) is 6.61 Å². The number of fused-ring (bicyclic) bond motifs is 1. The monoisotopic (exact) mass is 379 g/mol. The molecule has 0 bridgehead atoms. The Labute approximate surface area is 163 Å². The molecule has 0 radical (unpaired) electrons. The number of hydrogen-bond acceptors (Lipinski definition) is 5. The smallest absolute Gasteiger partial charge is 0.338 e. The van der Waals surface area contributed by atoms with Gasteiger partial charge in [0.2, 0.25) is 0 Å². The van der Waals surface area contributed by atoms with Gasteiger partial charge in [-0.3, -0.25) is 19.3 Å². The molecule has 1 heterocycles. The molecule has 0 aliphatic carbocycles. The van der Waals surface area contributed by atoms with E-state index in [0.29, 0.717) is 16.7 Å². The number of ketones is 1. The molecule has 0 unspecified atom stereocenters. The van der Waals surface area contributed by atoms with E-state index in [1.54, 1.807) is 69.3 Å². The van der Waals surface area contributed by atoms with Crippen LogP contribution in [0.5, 0.6) is 0 Å². The van der Waals surface area contributed by atoms with E-state index >= 15 is 0 Å². The molecular formula is C22H21NO5. The van der Waals surface area contributed by atoms with Crippen molar-refractivity contribution in [2.45, 2.75) is 27.3 Å². The zero-order valence-corrected chi connectivity index (χ0v) is 16.0. The maximum Gasteiger partial charge on any atom is 0.338 e. The number of nitrogens with zero attached hydrogens (tertiary/aromatic N) is 1. The lowest BCUT2D eigenvalue weighted by Gasteiger charge is -2.16. The van der Waals surface area contributed by atoms with Gasteiger partial charge in [0.05, 0.1) is 23.2 Å². The number of carbonyl (C=O) groups excluding carboxylic acids is 4. The van der Waals surface area contributed by atoms with Crippen LogP contribution in [-0.2, 0) is 16.1 Å². The Morgan fingerprint density at radius 1 is 0.929 bits per heavy atom. The normalized spacial score (nSPS) is 13.5. The van der Waals surface area contributed by atoms with Gasteiger partial charge in [0.25, 0.3) is 11.8 Å². The quantitative estimate of drug-likeness (QED) is 0.588. The van der Waals surface area contributed by atoms with E-state index < -0.39 is 11.4 Å². The molecule has 0 atom stereocenters. The molecule has 0 fully saturated rings. The first-order chi connectivity index (χ1) is 13.2. The zero-order valence-electron chi connectivity index (χ0n) is 16.0. The Morgan fingerprint density at radius 3 is 2.11 bits per heavy atom. The molecule has 2 aromatic rings. The standard InChI is InChI=1S/C22H21NO5/c1-22(2,3)18(24)13-28-21(27)15-8-6-7-14(11-15)12-23-19(25)16-9-4-5-10-17(16)20(23)26/h4-11H,12-13H2,1-3H3. The number of benzene rings is 2. The first-order valence-electron chi connectivity index (χ1n) is 8.93. The number of ether oxygens (including phenoxy) is 1. The molecule has 144 valence electrons. The maximum absolute atomic E-state index is 12.5. The van der Waals surface area contributed by atoms with E-state index in [2.05, 4.69) is 0 Å². The van der Waals surface area contributed by atoms with Crippen molar-refractivity contribution in [3.63, 3.8) is 0 Å². The van der Waals surface area contributed by atoms with Crippen LogP contribution >= 0.6 is 0 Å². The second-order valence-corrected chi connectivity index (χ2v) is 7.69. The Bertz CT molecular complexity index is 936. The predicted octanol–water partition coefficient (Wildman–Crippen LogP) is 3.25. The van der Waals surface area contributed by atoms with Crippen LogP contribution in [0.4, 0.5) is 0 Å². The summed E-state index contributed by atoms with van der Waals surface area (Å²) in [5.74, 6) is -1.52. The Balaban J connectivity index is 1.71. The van der Waals surface area contributed by atoms with Gasteiger partial charge < -0.3 is 4.74 Å². The lowest BCUT2D eigenvalue weighted by molar-refractivity contribution is -0.129. The van der Waals surface area contributed by atoms with Gasteiger partial charge in [0.15, 0.2) is 12.4 Å². The average molecular weight is 379 g/mol. The van der Waals surface area contributed by atoms with Gasteiger partial charge in [-0.2, -0.15) is 0 Å². The highest BCUT2D eigenvalue weighted by Crippen LogP contribution is 2.24. The van der Waals surface area contributed by atoms with Gasteiger partial charge in [-0.1, -0.05) is 45.0 Å². The van der Waals surface area contributed by atoms with Crippen molar-refractivity contribution in [1.82, 2.24) is 4.90 Å². The highest BCUT2D eigenvalue weighted by Gasteiger charge is 2.35. The van der Waals surface area contributed by atoms with E-state index in [4.69, 9.17) is 4.74 Å². The third kappa shape index (κ3) is 3.86. The minimum atomic E-state index is -0.623. The topological polar surface area (TPSA) is 80.8 Å². The van der Waals surface area contributed by atoms with Crippen molar-refractivity contribution < 1.29 is 23.9 Å². The van der Waals surface area contributed by atoms with E-state index in [-0.39, 0.29) is 36.3 Å². The molecule has 6 heteroatoms. The minimum Gasteiger partial charge on any atom is -0.454 e. The minimum absolute atomic E-state index is 0.0500. The lowest BCUT2D eigenvalue weighted by atomic mass is 9.91. The molecule has 2 aromatic carbocycles. The van der Waals surface area contributed by atoms with Crippen LogP contribution in [0.2, 0.25) is 0 Å². The molecule has 6 nitrogen and oxygen atoms in total. The van der Waals surface area contributed by atoms with Gasteiger partial charge in [-0.25, -0.2) is 4.79 Å². The number of Topliss-reactive ketones (excluding diaryl/α,β-unsaturated/α-hetero) is 1. The molecule has 0 spiro atoms. The molecular weight excluding hydrogens is 358 g/mol. The van der Waals surface area contributed by atoms with E-state index in [1.807, 2.05) is 0 Å². The molecule has 1 aliphatic rings. The lowest BCUT2D eigenvalue weighted by Crippen LogP contribution is -2.29. The Hall–Kier alpha value is -3.28. The van der Waals surface area contributed by atoms with Crippen LogP contribution in [0.3, 0.4) is 0 Å². The van der Waals surface area contributed by atoms with Crippen molar-refractivity contribution in [2.24, 2.45) is 5.41 Å². The zero-order chi connectivity index (χ0) is 20.5. The van der Waals surface area contributed by atoms with Crippen molar-refractivity contribution >= 4 is 23.6 Å². The van der Waals surface area contributed by atoms with Crippen molar-refractivity contribution in [3.8, 4) is 0 Å². The Kier molecular flexibility index (Phi) is 5.14. The number of amides is 2. The first-order valence-corrected chi connectivity index (χ1v) is 8.93. The van der Waals surface area contributed by atoms with Gasteiger partial charge in [0, 0.05) is 5.41 Å². The molecule has 0 N–H and O–H groups in total. The summed E-state index contributed by atoms with van der Waals surface area (Å²) in [6.45, 7) is 5.02. The number of rotatable bonds is 5. The van der Waals surface area contributed by atoms with E-state index in [1.165, 1.54) is 0 Å². The number of imide groups is 1. The summed E-state index contributed by atoms with van der Waals surface area (Å²) in [6.07, 6.45) is 0. The molecule has 0 aromatic heterocycles.